The molecule has 0 aliphatic heterocycles. The number of aliphatic hydroxyl groups excluding tert-OH is 1. The Labute approximate surface area is 145 Å². The van der Waals surface area contributed by atoms with Crippen molar-refractivity contribution in [2.75, 3.05) is 26.3 Å². The number of rotatable bonds is 9. The van der Waals surface area contributed by atoms with E-state index in [9.17, 15) is 9.90 Å². The van der Waals surface area contributed by atoms with E-state index in [-0.39, 0.29) is 12.2 Å². The van der Waals surface area contributed by atoms with Crippen molar-refractivity contribution in [2.24, 2.45) is 0 Å². The van der Waals surface area contributed by atoms with Gasteiger partial charge in [0.1, 0.15) is 10.7 Å². The second kappa shape index (κ2) is 8.53. The van der Waals surface area contributed by atoms with E-state index in [1.54, 1.807) is 6.08 Å². The molecule has 0 spiro atoms. The number of aromatic nitrogens is 2. The molecule has 6 nitrogen and oxygen atoms in total. The van der Waals surface area contributed by atoms with Crippen LogP contribution in [0.3, 0.4) is 0 Å². The number of hydrogen-bond acceptors (Lipinski definition) is 6. The van der Waals surface area contributed by atoms with Gasteiger partial charge in [0, 0.05) is 24.6 Å². The zero-order valence-electron chi connectivity index (χ0n) is 14.5. The van der Waals surface area contributed by atoms with Crippen LogP contribution in [-0.4, -0.2) is 52.4 Å². The average molecular weight is 351 g/mol. The minimum Gasteiger partial charge on any atom is -0.389 e. The van der Waals surface area contributed by atoms with Gasteiger partial charge in [-0.25, -0.2) is 4.98 Å². The van der Waals surface area contributed by atoms with Gasteiger partial charge in [-0.1, -0.05) is 6.08 Å². The predicted octanol–water partition coefficient (Wildman–Crippen LogP) is 1.99. The summed E-state index contributed by atoms with van der Waals surface area (Å²) in [7, 11) is 0. The van der Waals surface area contributed by atoms with Crippen molar-refractivity contribution < 1.29 is 9.84 Å². The highest BCUT2D eigenvalue weighted by Crippen LogP contribution is 2.25. The van der Waals surface area contributed by atoms with E-state index < -0.39 is 6.10 Å². The molecule has 0 fully saturated rings. The summed E-state index contributed by atoms with van der Waals surface area (Å²) >= 11 is 1.53. The Morgan fingerprint density at radius 2 is 2.25 bits per heavy atom. The largest absolute Gasteiger partial charge is 0.389 e. The third kappa shape index (κ3) is 4.51. The Bertz CT molecular complexity index is 753. The smallest absolute Gasteiger partial charge is 0.259 e. The number of aromatic amines is 1. The predicted molar refractivity (Wildman–Crippen MR) is 97.7 cm³/mol. The van der Waals surface area contributed by atoms with Crippen LogP contribution in [0.2, 0.25) is 0 Å². The third-order valence-corrected chi connectivity index (χ3v) is 4.93. The second-order valence-electron chi connectivity index (χ2n) is 5.77. The fourth-order valence-electron chi connectivity index (χ4n) is 2.58. The lowest BCUT2D eigenvalue weighted by Crippen LogP contribution is -2.35. The van der Waals surface area contributed by atoms with Gasteiger partial charge in [-0.2, -0.15) is 0 Å². The van der Waals surface area contributed by atoms with E-state index in [1.807, 2.05) is 25.7 Å². The molecule has 0 aliphatic rings. The molecular formula is C17H25N3O3S. The SMILES string of the molecule is C=CCN(Cc1nc2sc(C)c(C)c2c(=O)[nH]1)CC(O)COCC. The molecule has 2 aromatic rings. The molecule has 2 N–H and O–H groups in total. The van der Waals surface area contributed by atoms with Crippen molar-refractivity contribution in [1.82, 2.24) is 14.9 Å². The van der Waals surface area contributed by atoms with Gasteiger partial charge in [-0.15, -0.1) is 17.9 Å². The van der Waals surface area contributed by atoms with Crippen molar-refractivity contribution >= 4 is 21.6 Å². The highest BCUT2D eigenvalue weighted by atomic mass is 32.1. The number of aryl methyl sites for hydroxylation is 2. The van der Waals surface area contributed by atoms with E-state index in [4.69, 9.17) is 4.74 Å². The van der Waals surface area contributed by atoms with Crippen LogP contribution in [0, 0.1) is 13.8 Å². The molecule has 0 radical (unpaired) electrons. The first kappa shape index (κ1) is 18.8. The Hall–Kier alpha value is -1.54. The monoisotopic (exact) mass is 351 g/mol. The van der Waals surface area contributed by atoms with Gasteiger partial charge in [0.25, 0.3) is 5.56 Å². The molecule has 0 saturated carbocycles. The van der Waals surface area contributed by atoms with Gasteiger partial charge in [-0.3, -0.25) is 9.69 Å². The Kier molecular flexibility index (Phi) is 6.68. The van der Waals surface area contributed by atoms with Crippen LogP contribution in [0.25, 0.3) is 10.2 Å². The van der Waals surface area contributed by atoms with E-state index in [2.05, 4.69) is 16.5 Å². The number of thiophene rings is 1. The maximum atomic E-state index is 12.3. The van der Waals surface area contributed by atoms with Gasteiger partial charge in [-0.05, 0) is 26.3 Å². The van der Waals surface area contributed by atoms with Crippen molar-refractivity contribution in [3.8, 4) is 0 Å². The van der Waals surface area contributed by atoms with Crippen LogP contribution in [0.15, 0.2) is 17.4 Å². The van der Waals surface area contributed by atoms with E-state index in [1.165, 1.54) is 11.3 Å². The van der Waals surface area contributed by atoms with Crippen LogP contribution in [0.1, 0.15) is 23.2 Å². The fourth-order valence-corrected chi connectivity index (χ4v) is 3.63. The molecule has 0 amide bonds. The zero-order chi connectivity index (χ0) is 17.7. The number of aliphatic hydroxyl groups is 1. The van der Waals surface area contributed by atoms with Crippen molar-refractivity contribution in [3.63, 3.8) is 0 Å². The van der Waals surface area contributed by atoms with Gasteiger partial charge >= 0.3 is 0 Å². The molecule has 1 unspecified atom stereocenters. The van der Waals surface area contributed by atoms with Crippen LogP contribution >= 0.6 is 11.3 Å². The maximum absolute atomic E-state index is 12.3. The lowest BCUT2D eigenvalue weighted by atomic mass is 10.2. The third-order valence-electron chi connectivity index (χ3n) is 3.83. The Morgan fingerprint density at radius 3 is 2.92 bits per heavy atom. The highest BCUT2D eigenvalue weighted by Gasteiger charge is 2.15. The number of nitrogens with zero attached hydrogens (tertiary/aromatic N) is 2. The summed E-state index contributed by atoms with van der Waals surface area (Å²) < 4.78 is 5.24. The molecule has 0 bridgehead atoms. The Balaban J connectivity index is 2.18. The topological polar surface area (TPSA) is 78.5 Å². The van der Waals surface area contributed by atoms with E-state index in [0.29, 0.717) is 37.5 Å². The first-order valence-electron chi connectivity index (χ1n) is 8.04. The molecule has 2 aromatic heterocycles. The first-order chi connectivity index (χ1) is 11.5. The molecule has 0 aliphatic carbocycles. The van der Waals surface area contributed by atoms with E-state index >= 15 is 0 Å². The molecule has 24 heavy (non-hydrogen) atoms. The summed E-state index contributed by atoms with van der Waals surface area (Å²) in [5.74, 6) is 0.596. The Morgan fingerprint density at radius 1 is 1.50 bits per heavy atom. The number of ether oxygens (including phenoxy) is 1. The van der Waals surface area contributed by atoms with Crippen LogP contribution < -0.4 is 5.56 Å². The zero-order valence-corrected chi connectivity index (χ0v) is 15.3. The first-order valence-corrected chi connectivity index (χ1v) is 8.85. The summed E-state index contributed by atoms with van der Waals surface area (Å²) in [6.45, 7) is 11.9. The molecule has 132 valence electrons. The van der Waals surface area contributed by atoms with Crippen molar-refractivity contribution in [2.45, 2.75) is 33.4 Å². The number of fused-ring (bicyclic) bond motifs is 1. The van der Waals surface area contributed by atoms with Gasteiger partial charge < -0.3 is 14.8 Å². The van der Waals surface area contributed by atoms with Gasteiger partial charge in [0.2, 0.25) is 0 Å². The molecule has 1 atom stereocenters. The number of nitrogens with one attached hydrogen (secondary N) is 1. The summed E-state index contributed by atoms with van der Waals surface area (Å²) in [6.07, 6.45) is 1.18. The molecule has 0 aromatic carbocycles. The second-order valence-corrected chi connectivity index (χ2v) is 6.98. The van der Waals surface area contributed by atoms with Crippen LogP contribution in [0.5, 0.6) is 0 Å². The normalized spacial score (nSPS) is 12.9. The minimum absolute atomic E-state index is 0.106. The van der Waals surface area contributed by atoms with Gasteiger partial charge in [0.05, 0.1) is 24.6 Å². The molecular weight excluding hydrogens is 326 g/mol. The van der Waals surface area contributed by atoms with Crippen molar-refractivity contribution in [1.29, 1.82) is 0 Å². The minimum atomic E-state index is -0.591. The summed E-state index contributed by atoms with van der Waals surface area (Å²) in [5, 5.41) is 10.7. The van der Waals surface area contributed by atoms with Crippen LogP contribution in [0.4, 0.5) is 0 Å². The quantitative estimate of drug-likeness (QED) is 0.676. The van der Waals surface area contributed by atoms with E-state index in [0.717, 1.165) is 15.3 Å². The molecule has 7 heteroatoms. The maximum Gasteiger partial charge on any atom is 0.259 e. The summed E-state index contributed by atoms with van der Waals surface area (Å²) in [6, 6.07) is 0. The van der Waals surface area contributed by atoms with Gasteiger partial charge in [0.15, 0.2) is 0 Å². The average Bonchev–Trinajstić information content (AvgIpc) is 2.80. The summed E-state index contributed by atoms with van der Waals surface area (Å²) in [4.78, 5) is 23.6. The van der Waals surface area contributed by atoms with Crippen molar-refractivity contribution in [3.05, 3.63) is 39.3 Å². The van der Waals surface area contributed by atoms with Crippen LogP contribution in [-0.2, 0) is 11.3 Å². The fraction of sp³-hybridized carbons (Fsp3) is 0.529. The summed E-state index contributed by atoms with van der Waals surface area (Å²) in [5.41, 5.74) is 0.885. The molecule has 2 rings (SSSR count). The molecule has 2 heterocycles. The highest BCUT2D eigenvalue weighted by molar-refractivity contribution is 7.18. The number of H-pyrrole nitrogens is 1. The number of hydrogen-bond donors (Lipinski definition) is 2. The lowest BCUT2D eigenvalue weighted by Gasteiger charge is -2.23. The molecule has 0 saturated heterocycles. The lowest BCUT2D eigenvalue weighted by molar-refractivity contribution is 0.0214. The standard InChI is InChI=1S/C17H25N3O3S/c1-5-7-20(8-13(21)10-23-6-2)9-14-18-16(22)15-11(3)12(4)24-17(15)19-14/h5,13,21H,1,6-10H2,2-4H3,(H,18,19,22).